The highest BCUT2D eigenvalue weighted by molar-refractivity contribution is 5.27. The molecule has 0 heterocycles. The van der Waals surface area contributed by atoms with Crippen LogP contribution in [0.3, 0.4) is 0 Å². The summed E-state index contributed by atoms with van der Waals surface area (Å²) < 4.78 is 0. The van der Waals surface area contributed by atoms with E-state index in [4.69, 9.17) is 0 Å². The van der Waals surface area contributed by atoms with E-state index >= 15 is 0 Å². The van der Waals surface area contributed by atoms with Crippen LogP contribution in [-0.4, -0.2) is 0 Å². The zero-order chi connectivity index (χ0) is 22.4. The Morgan fingerprint density at radius 1 is 0.375 bits per heavy atom. The summed E-state index contributed by atoms with van der Waals surface area (Å²) in [6, 6.07) is 27.5. The molecule has 3 aromatic rings. The second kappa shape index (κ2) is 13.5. The van der Waals surface area contributed by atoms with E-state index in [0.29, 0.717) is 0 Å². The molecule has 0 fully saturated rings. The first-order valence-corrected chi connectivity index (χ1v) is 12.2. The lowest BCUT2D eigenvalue weighted by Gasteiger charge is -2.07. The van der Waals surface area contributed by atoms with Gasteiger partial charge in [-0.2, -0.15) is 0 Å². The maximum absolute atomic E-state index is 3.80. The van der Waals surface area contributed by atoms with Crippen molar-refractivity contribution in [2.45, 2.75) is 64.2 Å². The van der Waals surface area contributed by atoms with Crippen molar-refractivity contribution < 1.29 is 0 Å². The molecule has 32 heavy (non-hydrogen) atoms. The van der Waals surface area contributed by atoms with Gasteiger partial charge < -0.3 is 0 Å². The minimum atomic E-state index is 1.05. The van der Waals surface area contributed by atoms with Crippen LogP contribution in [0.5, 0.6) is 0 Å². The van der Waals surface area contributed by atoms with Crippen molar-refractivity contribution in [2.24, 2.45) is 0 Å². The molecule has 0 saturated heterocycles. The molecule has 0 aliphatic carbocycles. The van der Waals surface area contributed by atoms with E-state index in [1.165, 1.54) is 59.1 Å². The first kappa shape index (κ1) is 23.8. The van der Waals surface area contributed by atoms with Gasteiger partial charge in [-0.3, -0.25) is 0 Å². The Morgan fingerprint density at radius 3 is 0.906 bits per heavy atom. The summed E-state index contributed by atoms with van der Waals surface area (Å²) in [5.41, 5.74) is 8.58. The highest BCUT2D eigenvalue weighted by Crippen LogP contribution is 2.14. The number of aryl methyl sites for hydroxylation is 6. The fourth-order valence-electron chi connectivity index (χ4n) is 4.10. The lowest BCUT2D eigenvalue weighted by Crippen LogP contribution is -1.94. The van der Waals surface area contributed by atoms with Crippen molar-refractivity contribution in [3.8, 4) is 0 Å². The van der Waals surface area contributed by atoms with Gasteiger partial charge in [0, 0.05) is 0 Å². The van der Waals surface area contributed by atoms with Crippen molar-refractivity contribution in [1.29, 1.82) is 0 Å². The molecule has 0 aliphatic heterocycles. The molecule has 0 atom stereocenters. The van der Waals surface area contributed by atoms with Crippen LogP contribution >= 0.6 is 0 Å². The monoisotopic (exact) mass is 422 g/mol. The molecule has 0 aromatic heterocycles. The summed E-state index contributed by atoms with van der Waals surface area (Å²) in [6.45, 7) is 7.61. The molecule has 0 radical (unpaired) electrons. The smallest absolute Gasteiger partial charge is 0.0238 e. The molecule has 3 rings (SSSR count). The molecule has 0 amide bonds. The fraction of sp³-hybridized carbons (Fsp3) is 0.312. The average molecular weight is 423 g/mol. The van der Waals surface area contributed by atoms with Crippen molar-refractivity contribution >= 4 is 0 Å². The summed E-state index contributed by atoms with van der Waals surface area (Å²) in [4.78, 5) is 0. The highest BCUT2D eigenvalue weighted by atomic mass is 14.1. The molecule has 0 nitrogen and oxygen atoms in total. The average Bonchev–Trinajstić information content (AvgIpc) is 2.85. The molecule has 0 saturated carbocycles. The number of hydrogen-bond donors (Lipinski definition) is 0. The molecule has 166 valence electrons. The third kappa shape index (κ3) is 8.35. The second-order valence-electron chi connectivity index (χ2n) is 8.81. The molecular weight excluding hydrogens is 384 g/mol. The first-order valence-electron chi connectivity index (χ1n) is 12.2. The van der Waals surface area contributed by atoms with Gasteiger partial charge in [-0.15, -0.1) is 13.2 Å². The third-order valence-electron chi connectivity index (χ3n) is 6.23. The summed E-state index contributed by atoms with van der Waals surface area (Å²) in [6.07, 6.45) is 15.3. The van der Waals surface area contributed by atoms with E-state index in [2.05, 4.69) is 86.0 Å². The quantitative estimate of drug-likeness (QED) is 0.181. The van der Waals surface area contributed by atoms with Crippen LogP contribution in [0.1, 0.15) is 59.1 Å². The molecular formula is C32H38. The molecule has 3 aromatic carbocycles. The number of rotatable bonds is 14. The predicted octanol–water partition coefficient (Wildman–Crippen LogP) is 8.27. The van der Waals surface area contributed by atoms with E-state index in [1.54, 1.807) is 0 Å². The van der Waals surface area contributed by atoms with Gasteiger partial charge in [-0.1, -0.05) is 84.9 Å². The van der Waals surface area contributed by atoms with E-state index in [1.807, 2.05) is 12.2 Å². The standard InChI is InChI=1S/C32H38/c1-3-5-9-27-13-15-29(16-14-27)11-7-8-12-30-19-23-32(24-20-30)26-25-31-21-17-28(18-22-31)10-6-4-2/h3-4,13-24H,1-2,5-12,25-26H2. The maximum Gasteiger partial charge on any atom is -0.0238 e. The number of hydrogen-bond acceptors (Lipinski definition) is 0. The molecule has 0 unspecified atom stereocenters. The third-order valence-corrected chi connectivity index (χ3v) is 6.23. The van der Waals surface area contributed by atoms with Gasteiger partial charge in [0.1, 0.15) is 0 Å². The predicted molar refractivity (Wildman–Crippen MR) is 140 cm³/mol. The SMILES string of the molecule is C=CCCc1ccc(CCCCc2ccc(CCc3ccc(CCC=C)cc3)cc2)cc1. The van der Waals surface area contributed by atoms with E-state index in [9.17, 15) is 0 Å². The van der Waals surface area contributed by atoms with Gasteiger partial charge in [0.2, 0.25) is 0 Å². The Kier molecular flexibility index (Phi) is 10.1. The van der Waals surface area contributed by atoms with Crippen LogP contribution in [0.2, 0.25) is 0 Å². The molecule has 0 bridgehead atoms. The molecule has 0 spiro atoms. The summed E-state index contributed by atoms with van der Waals surface area (Å²) in [5, 5.41) is 0. The molecule has 0 heteroatoms. The normalized spacial score (nSPS) is 10.8. The Hall–Kier alpha value is -2.86. The Morgan fingerprint density at radius 2 is 0.625 bits per heavy atom. The minimum Gasteiger partial charge on any atom is -0.103 e. The highest BCUT2D eigenvalue weighted by Gasteiger charge is 2.00. The summed E-state index contributed by atoms with van der Waals surface area (Å²) in [7, 11) is 0. The van der Waals surface area contributed by atoms with Gasteiger partial charge >= 0.3 is 0 Å². The second-order valence-corrected chi connectivity index (χ2v) is 8.81. The fourth-order valence-corrected chi connectivity index (χ4v) is 4.10. The number of benzene rings is 3. The van der Waals surface area contributed by atoms with Crippen LogP contribution in [0.25, 0.3) is 0 Å². The molecule has 0 N–H and O–H groups in total. The van der Waals surface area contributed by atoms with Gasteiger partial charge in [0.15, 0.2) is 0 Å². The summed E-state index contributed by atoms with van der Waals surface area (Å²) in [5.74, 6) is 0. The zero-order valence-corrected chi connectivity index (χ0v) is 19.6. The van der Waals surface area contributed by atoms with Crippen molar-refractivity contribution in [1.82, 2.24) is 0 Å². The van der Waals surface area contributed by atoms with Gasteiger partial charge in [-0.05, 0) is 97.6 Å². The minimum absolute atomic E-state index is 1.05. The maximum atomic E-state index is 3.80. The first-order chi connectivity index (χ1) is 15.8. The van der Waals surface area contributed by atoms with E-state index < -0.39 is 0 Å². The van der Waals surface area contributed by atoms with Crippen LogP contribution in [-0.2, 0) is 38.5 Å². The van der Waals surface area contributed by atoms with Gasteiger partial charge in [0.25, 0.3) is 0 Å². The zero-order valence-electron chi connectivity index (χ0n) is 19.6. The number of unbranched alkanes of at least 4 members (excludes halogenated alkanes) is 1. The molecule has 0 aliphatic rings. The Balaban J connectivity index is 1.35. The van der Waals surface area contributed by atoms with Crippen LogP contribution in [0.15, 0.2) is 98.1 Å². The summed E-state index contributed by atoms with van der Waals surface area (Å²) >= 11 is 0. The lowest BCUT2D eigenvalue weighted by molar-refractivity contribution is 0.733. The Labute approximate surface area is 195 Å². The Bertz CT molecular complexity index is 927. The van der Waals surface area contributed by atoms with E-state index in [0.717, 1.165) is 38.5 Å². The van der Waals surface area contributed by atoms with Crippen LogP contribution in [0, 0.1) is 0 Å². The van der Waals surface area contributed by atoms with Crippen molar-refractivity contribution in [3.05, 3.63) is 131 Å². The van der Waals surface area contributed by atoms with Crippen LogP contribution in [0.4, 0.5) is 0 Å². The van der Waals surface area contributed by atoms with Crippen LogP contribution < -0.4 is 0 Å². The van der Waals surface area contributed by atoms with Gasteiger partial charge in [-0.25, -0.2) is 0 Å². The van der Waals surface area contributed by atoms with E-state index in [-0.39, 0.29) is 0 Å². The lowest BCUT2D eigenvalue weighted by atomic mass is 9.99. The topological polar surface area (TPSA) is 0 Å². The van der Waals surface area contributed by atoms with Crippen molar-refractivity contribution in [2.75, 3.05) is 0 Å². The number of allylic oxidation sites excluding steroid dienone is 2. The van der Waals surface area contributed by atoms with Gasteiger partial charge in [0.05, 0.1) is 0 Å². The largest absolute Gasteiger partial charge is 0.103 e. The van der Waals surface area contributed by atoms with Crippen molar-refractivity contribution in [3.63, 3.8) is 0 Å².